The van der Waals surface area contributed by atoms with E-state index in [4.69, 9.17) is 17.2 Å². The predicted octanol–water partition coefficient (Wildman–Crippen LogP) is 0.518. The summed E-state index contributed by atoms with van der Waals surface area (Å²) in [6.07, 6.45) is 4.07. The Balaban J connectivity index is 0. The molecular weight excluding hydrogens is 150 g/mol. The molecule has 0 bridgehead atoms. The van der Waals surface area contributed by atoms with Crippen LogP contribution < -0.4 is 17.2 Å². The van der Waals surface area contributed by atoms with Crippen molar-refractivity contribution in [3.8, 4) is 0 Å². The predicted molar refractivity (Wildman–Crippen MR) is 46.7 cm³/mol. The van der Waals surface area contributed by atoms with Crippen LogP contribution in [0.15, 0.2) is 0 Å². The van der Waals surface area contributed by atoms with Gasteiger partial charge in [0.25, 0.3) is 0 Å². The average molecular weight is 168 g/mol. The lowest BCUT2D eigenvalue weighted by Gasteiger charge is -2.17. The summed E-state index contributed by atoms with van der Waals surface area (Å²) in [6.45, 7) is 2.13. The molecule has 4 heteroatoms. The van der Waals surface area contributed by atoms with Gasteiger partial charge in [-0.1, -0.05) is 19.8 Å². The third kappa shape index (κ3) is 11.0. The van der Waals surface area contributed by atoms with Gasteiger partial charge in [-0.05, 0) is 12.8 Å². The number of unbranched alkanes of at least 4 members (excludes halogenated alkanes) is 2. The van der Waals surface area contributed by atoms with E-state index in [1.807, 2.05) is 0 Å². The van der Waals surface area contributed by atoms with E-state index in [1.54, 1.807) is 0 Å². The molecule has 0 saturated carbocycles. The van der Waals surface area contributed by atoms with Gasteiger partial charge in [0, 0.05) is 0 Å². The number of nitrogens with two attached hydrogens (primary N) is 3. The molecule has 0 spiro atoms. The smallest absolute Gasteiger partial charge is 0.115 e. The van der Waals surface area contributed by atoms with Gasteiger partial charge in [-0.2, -0.15) is 0 Å². The zero-order valence-corrected chi connectivity index (χ0v) is 7.29. The second kappa shape index (κ2) is 5.92. The lowest BCUT2D eigenvalue weighted by Crippen LogP contribution is -2.57. The van der Waals surface area contributed by atoms with Crippen LogP contribution in [0.3, 0.4) is 0 Å². The van der Waals surface area contributed by atoms with Crippen LogP contribution in [0.2, 0.25) is 0 Å². The van der Waals surface area contributed by atoms with Gasteiger partial charge in [0.05, 0.1) is 0 Å². The van der Waals surface area contributed by atoms with Gasteiger partial charge >= 0.3 is 0 Å². The molecule has 0 radical (unpaired) electrons. The maximum absolute atomic E-state index is 5.33. The van der Waals surface area contributed by atoms with Crippen LogP contribution in [0.1, 0.15) is 32.6 Å². The summed E-state index contributed by atoms with van der Waals surface area (Å²) < 4.78 is 0. The summed E-state index contributed by atoms with van der Waals surface area (Å²) in [7, 11) is 0. The molecule has 0 heterocycles. The zero-order chi connectivity index (χ0) is 7.33. The second-order valence-electron chi connectivity index (χ2n) is 2.57. The van der Waals surface area contributed by atoms with Crippen LogP contribution in [-0.2, 0) is 0 Å². The van der Waals surface area contributed by atoms with Gasteiger partial charge in [0.15, 0.2) is 0 Å². The molecule has 0 aromatic carbocycles. The fourth-order valence-corrected chi connectivity index (χ4v) is 0.681. The average Bonchev–Trinajstić information content (AvgIpc) is 1.63. The zero-order valence-electron chi connectivity index (χ0n) is 6.47. The fourth-order valence-electron chi connectivity index (χ4n) is 0.681. The van der Waals surface area contributed by atoms with Gasteiger partial charge in [-0.15, -0.1) is 12.4 Å². The summed E-state index contributed by atoms with van der Waals surface area (Å²) in [5.74, 6) is -0.949. The van der Waals surface area contributed by atoms with Gasteiger partial charge in [0.1, 0.15) is 5.79 Å². The van der Waals surface area contributed by atoms with E-state index in [0.717, 1.165) is 12.8 Å². The number of hydrogen-bond donors (Lipinski definition) is 3. The lowest BCUT2D eigenvalue weighted by atomic mass is 10.1. The molecule has 0 rings (SSSR count). The highest BCUT2D eigenvalue weighted by Crippen LogP contribution is 2.01. The molecule has 0 saturated heterocycles. The van der Waals surface area contributed by atoms with Gasteiger partial charge in [0.2, 0.25) is 0 Å². The summed E-state index contributed by atoms with van der Waals surface area (Å²) >= 11 is 0. The Bertz CT molecular complexity index is 69.9. The molecule has 6 N–H and O–H groups in total. The van der Waals surface area contributed by atoms with Crippen molar-refractivity contribution in [1.29, 1.82) is 0 Å². The molecule has 0 aromatic rings. The maximum atomic E-state index is 5.33. The largest absolute Gasteiger partial charge is 0.301 e. The fraction of sp³-hybridized carbons (Fsp3) is 1.00. The molecule has 0 aliphatic rings. The van der Waals surface area contributed by atoms with Gasteiger partial charge in [-0.25, -0.2) is 0 Å². The van der Waals surface area contributed by atoms with E-state index in [1.165, 1.54) is 6.42 Å². The monoisotopic (exact) mass is 167 g/mol. The molecular formula is C6H18ClN3. The van der Waals surface area contributed by atoms with Crippen molar-refractivity contribution < 1.29 is 0 Å². The van der Waals surface area contributed by atoms with E-state index in [-0.39, 0.29) is 12.4 Å². The Morgan fingerprint density at radius 1 is 1.10 bits per heavy atom. The SMILES string of the molecule is CCCCCC(N)(N)N.Cl. The molecule has 0 atom stereocenters. The van der Waals surface area contributed by atoms with Crippen LogP contribution in [0.5, 0.6) is 0 Å². The van der Waals surface area contributed by atoms with Crippen molar-refractivity contribution in [2.24, 2.45) is 17.2 Å². The van der Waals surface area contributed by atoms with E-state index < -0.39 is 5.79 Å². The minimum atomic E-state index is -0.949. The number of rotatable bonds is 4. The number of hydrogen-bond acceptors (Lipinski definition) is 3. The normalized spacial score (nSPS) is 10.8. The van der Waals surface area contributed by atoms with Crippen molar-refractivity contribution in [1.82, 2.24) is 0 Å². The minimum absolute atomic E-state index is 0. The molecule has 3 nitrogen and oxygen atoms in total. The molecule has 0 amide bonds. The van der Waals surface area contributed by atoms with E-state index in [0.29, 0.717) is 6.42 Å². The minimum Gasteiger partial charge on any atom is -0.301 e. The van der Waals surface area contributed by atoms with Crippen molar-refractivity contribution >= 4 is 12.4 Å². The number of halogens is 1. The first kappa shape index (κ1) is 12.8. The first-order valence-electron chi connectivity index (χ1n) is 3.43. The first-order chi connectivity index (χ1) is 4.06. The first-order valence-corrected chi connectivity index (χ1v) is 3.43. The highest BCUT2D eigenvalue weighted by molar-refractivity contribution is 5.85. The van der Waals surface area contributed by atoms with Crippen LogP contribution in [-0.4, -0.2) is 5.79 Å². The molecule has 0 fully saturated rings. The Kier molecular flexibility index (Phi) is 7.58. The van der Waals surface area contributed by atoms with Crippen molar-refractivity contribution in [3.05, 3.63) is 0 Å². The second-order valence-corrected chi connectivity index (χ2v) is 2.57. The highest BCUT2D eigenvalue weighted by atomic mass is 35.5. The lowest BCUT2D eigenvalue weighted by molar-refractivity contribution is 0.404. The molecule has 0 aromatic heterocycles. The Morgan fingerprint density at radius 2 is 1.60 bits per heavy atom. The standard InChI is InChI=1S/C6H17N3.ClH/c1-2-3-4-5-6(7,8)9;/h2-5,7-9H2,1H3;1H. The quantitative estimate of drug-likeness (QED) is 0.422. The van der Waals surface area contributed by atoms with Crippen LogP contribution in [0, 0.1) is 0 Å². The summed E-state index contributed by atoms with van der Waals surface area (Å²) in [5, 5.41) is 0. The molecule has 0 aliphatic carbocycles. The van der Waals surface area contributed by atoms with Crippen molar-refractivity contribution in [2.45, 2.75) is 38.4 Å². The molecule has 0 aliphatic heterocycles. The third-order valence-electron chi connectivity index (χ3n) is 1.21. The molecule has 64 valence electrons. The summed E-state index contributed by atoms with van der Waals surface area (Å²) in [4.78, 5) is 0. The molecule has 10 heavy (non-hydrogen) atoms. The van der Waals surface area contributed by atoms with E-state index in [9.17, 15) is 0 Å². The Morgan fingerprint density at radius 3 is 1.90 bits per heavy atom. The summed E-state index contributed by atoms with van der Waals surface area (Å²) in [5.41, 5.74) is 16.0. The van der Waals surface area contributed by atoms with Crippen molar-refractivity contribution in [3.63, 3.8) is 0 Å². The van der Waals surface area contributed by atoms with Gasteiger partial charge in [-0.3, -0.25) is 0 Å². The Labute approximate surface area is 68.7 Å². The van der Waals surface area contributed by atoms with Crippen molar-refractivity contribution in [2.75, 3.05) is 0 Å². The molecule has 0 unspecified atom stereocenters. The van der Waals surface area contributed by atoms with Crippen LogP contribution >= 0.6 is 12.4 Å². The van der Waals surface area contributed by atoms with Crippen LogP contribution in [0.25, 0.3) is 0 Å². The van der Waals surface area contributed by atoms with E-state index in [2.05, 4.69) is 6.92 Å². The van der Waals surface area contributed by atoms with E-state index >= 15 is 0 Å². The summed E-state index contributed by atoms with van der Waals surface area (Å²) in [6, 6.07) is 0. The van der Waals surface area contributed by atoms with Gasteiger partial charge < -0.3 is 17.2 Å². The topological polar surface area (TPSA) is 78.1 Å². The van der Waals surface area contributed by atoms with Crippen LogP contribution in [0.4, 0.5) is 0 Å². The third-order valence-corrected chi connectivity index (χ3v) is 1.21. The maximum Gasteiger partial charge on any atom is 0.115 e. The Hall–Kier alpha value is 0.170. The highest BCUT2D eigenvalue weighted by Gasteiger charge is 2.09.